The normalized spacial score (nSPS) is 29.0. The molecule has 2 saturated carbocycles. The summed E-state index contributed by atoms with van der Waals surface area (Å²) in [6.45, 7) is 4.49. The van der Waals surface area contributed by atoms with Gasteiger partial charge < -0.3 is 0 Å². The SMILES string of the molecule is CCCCCC1CCC(CCC2CCC(c3ncc(CC)cn3)CC2)CC1. The van der Waals surface area contributed by atoms with Gasteiger partial charge in [-0.2, -0.15) is 0 Å². The Bertz CT molecular complexity index is 508. The van der Waals surface area contributed by atoms with Crippen molar-refractivity contribution in [2.75, 3.05) is 0 Å². The third-order valence-corrected chi connectivity index (χ3v) is 7.51. The molecule has 0 N–H and O–H groups in total. The minimum absolute atomic E-state index is 0.616. The van der Waals surface area contributed by atoms with Crippen LogP contribution in [-0.2, 0) is 6.42 Å². The number of unbranched alkanes of at least 4 members (excludes halogenated alkanes) is 2. The number of aryl methyl sites for hydroxylation is 1. The summed E-state index contributed by atoms with van der Waals surface area (Å²) in [5, 5.41) is 0. The van der Waals surface area contributed by atoms with E-state index >= 15 is 0 Å². The van der Waals surface area contributed by atoms with E-state index in [9.17, 15) is 0 Å². The monoisotopic (exact) mass is 370 g/mol. The highest BCUT2D eigenvalue weighted by Crippen LogP contribution is 2.39. The molecule has 0 aromatic carbocycles. The molecular formula is C25H42N2. The van der Waals surface area contributed by atoms with Crippen LogP contribution in [0.5, 0.6) is 0 Å². The van der Waals surface area contributed by atoms with Crippen LogP contribution in [0, 0.1) is 17.8 Å². The van der Waals surface area contributed by atoms with Crippen molar-refractivity contribution in [2.24, 2.45) is 17.8 Å². The van der Waals surface area contributed by atoms with Crippen molar-refractivity contribution in [3.05, 3.63) is 23.8 Å². The van der Waals surface area contributed by atoms with E-state index in [1.807, 2.05) is 12.4 Å². The highest BCUT2D eigenvalue weighted by atomic mass is 14.9. The number of hydrogen-bond acceptors (Lipinski definition) is 2. The molecule has 2 aliphatic carbocycles. The maximum atomic E-state index is 4.64. The first-order chi connectivity index (χ1) is 13.3. The molecule has 152 valence electrons. The van der Waals surface area contributed by atoms with Crippen molar-refractivity contribution in [1.29, 1.82) is 0 Å². The fourth-order valence-corrected chi connectivity index (χ4v) is 5.43. The number of rotatable bonds is 9. The lowest BCUT2D eigenvalue weighted by atomic mass is 9.74. The van der Waals surface area contributed by atoms with Crippen molar-refractivity contribution in [1.82, 2.24) is 9.97 Å². The number of hydrogen-bond donors (Lipinski definition) is 0. The van der Waals surface area contributed by atoms with E-state index in [0.29, 0.717) is 5.92 Å². The summed E-state index contributed by atoms with van der Waals surface area (Å²) in [6, 6.07) is 0. The first kappa shape index (κ1) is 20.8. The average Bonchev–Trinajstić information content (AvgIpc) is 2.74. The zero-order valence-electron chi connectivity index (χ0n) is 18.0. The molecule has 3 rings (SSSR count). The summed E-state index contributed by atoms with van der Waals surface area (Å²) in [4.78, 5) is 9.28. The molecule has 0 spiro atoms. The minimum Gasteiger partial charge on any atom is -0.241 e. The Kier molecular flexibility index (Phi) is 8.61. The third kappa shape index (κ3) is 6.57. The van der Waals surface area contributed by atoms with E-state index in [2.05, 4.69) is 23.8 Å². The molecule has 0 atom stereocenters. The topological polar surface area (TPSA) is 25.8 Å². The van der Waals surface area contributed by atoms with Gasteiger partial charge in [-0.05, 0) is 55.4 Å². The Morgan fingerprint density at radius 1 is 0.704 bits per heavy atom. The fourth-order valence-electron chi connectivity index (χ4n) is 5.43. The van der Waals surface area contributed by atoms with E-state index < -0.39 is 0 Å². The van der Waals surface area contributed by atoms with Gasteiger partial charge in [-0.3, -0.25) is 0 Å². The summed E-state index contributed by atoms with van der Waals surface area (Å²) < 4.78 is 0. The second kappa shape index (κ2) is 11.2. The van der Waals surface area contributed by atoms with Crippen molar-refractivity contribution in [3.8, 4) is 0 Å². The lowest BCUT2D eigenvalue weighted by molar-refractivity contribution is 0.221. The second-order valence-corrected chi connectivity index (χ2v) is 9.48. The van der Waals surface area contributed by atoms with Crippen LogP contribution in [0.15, 0.2) is 12.4 Å². The van der Waals surface area contributed by atoms with E-state index in [4.69, 9.17) is 0 Å². The second-order valence-electron chi connectivity index (χ2n) is 9.48. The minimum atomic E-state index is 0.616. The van der Waals surface area contributed by atoms with Crippen LogP contribution in [0.4, 0.5) is 0 Å². The first-order valence-corrected chi connectivity index (χ1v) is 12.1. The van der Waals surface area contributed by atoms with E-state index in [1.165, 1.54) is 95.5 Å². The Balaban J connectivity index is 1.31. The molecule has 0 radical (unpaired) electrons. The third-order valence-electron chi connectivity index (χ3n) is 7.51. The van der Waals surface area contributed by atoms with Crippen LogP contribution in [-0.4, -0.2) is 9.97 Å². The van der Waals surface area contributed by atoms with Crippen molar-refractivity contribution in [2.45, 2.75) is 116 Å². The Morgan fingerprint density at radius 3 is 1.74 bits per heavy atom. The van der Waals surface area contributed by atoms with Gasteiger partial charge in [-0.1, -0.05) is 78.1 Å². The van der Waals surface area contributed by atoms with Gasteiger partial charge in [0.25, 0.3) is 0 Å². The summed E-state index contributed by atoms with van der Waals surface area (Å²) in [5.41, 5.74) is 1.26. The lowest BCUT2D eigenvalue weighted by Crippen LogP contribution is -2.18. The van der Waals surface area contributed by atoms with Crippen molar-refractivity contribution >= 4 is 0 Å². The summed E-state index contributed by atoms with van der Waals surface area (Å²) in [5.74, 6) is 4.79. The van der Waals surface area contributed by atoms with Gasteiger partial charge in [-0.25, -0.2) is 9.97 Å². The van der Waals surface area contributed by atoms with Gasteiger partial charge in [0.1, 0.15) is 5.82 Å². The molecule has 1 heterocycles. The fraction of sp³-hybridized carbons (Fsp3) is 0.840. The maximum Gasteiger partial charge on any atom is 0.131 e. The van der Waals surface area contributed by atoms with Crippen LogP contribution < -0.4 is 0 Å². The standard InChI is InChI=1S/C25H42N2/c1-3-5-6-7-21-8-10-22(11-9-21)12-13-23-14-16-24(17-15-23)25-26-18-20(4-2)19-27-25/h18-19,21-24H,3-17H2,1-2H3. The molecule has 1 aromatic heterocycles. The predicted octanol–water partition coefficient (Wildman–Crippen LogP) is 7.48. The van der Waals surface area contributed by atoms with Gasteiger partial charge in [-0.15, -0.1) is 0 Å². The molecule has 2 nitrogen and oxygen atoms in total. The Labute approximate surface area is 168 Å². The lowest BCUT2D eigenvalue weighted by Gasteiger charge is -2.31. The molecular weight excluding hydrogens is 328 g/mol. The number of nitrogens with zero attached hydrogens (tertiary/aromatic N) is 2. The van der Waals surface area contributed by atoms with E-state index in [1.54, 1.807) is 0 Å². The quantitative estimate of drug-likeness (QED) is 0.421. The largest absolute Gasteiger partial charge is 0.241 e. The van der Waals surface area contributed by atoms with Crippen molar-refractivity contribution < 1.29 is 0 Å². The smallest absolute Gasteiger partial charge is 0.131 e. The molecule has 2 heteroatoms. The van der Waals surface area contributed by atoms with Gasteiger partial charge in [0.2, 0.25) is 0 Å². The summed E-state index contributed by atoms with van der Waals surface area (Å²) >= 11 is 0. The van der Waals surface area contributed by atoms with E-state index in [0.717, 1.165) is 30.0 Å². The van der Waals surface area contributed by atoms with Crippen LogP contribution >= 0.6 is 0 Å². The maximum absolute atomic E-state index is 4.64. The molecule has 2 fully saturated rings. The Hall–Kier alpha value is -0.920. The molecule has 0 amide bonds. The molecule has 0 bridgehead atoms. The van der Waals surface area contributed by atoms with Gasteiger partial charge in [0.15, 0.2) is 0 Å². The number of aromatic nitrogens is 2. The first-order valence-electron chi connectivity index (χ1n) is 12.1. The van der Waals surface area contributed by atoms with Crippen molar-refractivity contribution in [3.63, 3.8) is 0 Å². The molecule has 0 saturated heterocycles. The van der Waals surface area contributed by atoms with Crippen LogP contribution in [0.1, 0.15) is 121 Å². The molecule has 1 aromatic rings. The van der Waals surface area contributed by atoms with Gasteiger partial charge >= 0.3 is 0 Å². The highest BCUT2D eigenvalue weighted by molar-refractivity contribution is 5.07. The molecule has 2 aliphatic rings. The van der Waals surface area contributed by atoms with Gasteiger partial charge in [0.05, 0.1) is 0 Å². The van der Waals surface area contributed by atoms with Crippen LogP contribution in [0.2, 0.25) is 0 Å². The van der Waals surface area contributed by atoms with Crippen LogP contribution in [0.25, 0.3) is 0 Å². The van der Waals surface area contributed by atoms with Gasteiger partial charge in [0, 0.05) is 18.3 Å². The average molecular weight is 371 g/mol. The molecule has 0 unspecified atom stereocenters. The Morgan fingerprint density at radius 2 is 1.22 bits per heavy atom. The zero-order chi connectivity index (χ0) is 18.9. The van der Waals surface area contributed by atoms with Crippen LogP contribution in [0.3, 0.4) is 0 Å². The van der Waals surface area contributed by atoms with E-state index in [-0.39, 0.29) is 0 Å². The predicted molar refractivity (Wildman–Crippen MR) is 115 cm³/mol. The summed E-state index contributed by atoms with van der Waals surface area (Å²) in [6.07, 6.45) is 25.4. The zero-order valence-corrected chi connectivity index (χ0v) is 18.0. The molecule has 0 aliphatic heterocycles. The molecule has 27 heavy (non-hydrogen) atoms. The highest BCUT2D eigenvalue weighted by Gasteiger charge is 2.26. The summed E-state index contributed by atoms with van der Waals surface area (Å²) in [7, 11) is 0.